The van der Waals surface area contributed by atoms with Crippen molar-refractivity contribution in [3.8, 4) is 0 Å². The molecular formula is C16H17Cl2N3O2. The van der Waals surface area contributed by atoms with Crippen molar-refractivity contribution in [3.05, 3.63) is 45.0 Å². The van der Waals surface area contributed by atoms with E-state index in [1.54, 1.807) is 19.2 Å². The van der Waals surface area contributed by atoms with Crippen LogP contribution in [-0.2, 0) is 6.54 Å². The van der Waals surface area contributed by atoms with Crippen molar-refractivity contribution in [2.24, 2.45) is 0 Å². The average Bonchev–Trinajstić information content (AvgIpc) is 2.89. The molecule has 0 saturated heterocycles. The molecule has 0 radical (unpaired) electrons. The third-order valence-corrected chi connectivity index (χ3v) is 4.98. The first-order valence-electron chi connectivity index (χ1n) is 7.49. The normalized spacial score (nSPS) is 14.6. The summed E-state index contributed by atoms with van der Waals surface area (Å²) in [6.07, 6.45) is 3.39. The van der Waals surface area contributed by atoms with Gasteiger partial charge >= 0.3 is 0 Å². The minimum Gasteiger partial charge on any atom is -0.339 e. The SMILES string of the molecule is Cc1c(Cl)cc(C(=O)N(C)Cc2noc(C3CCC3)n2)cc1Cl. The van der Waals surface area contributed by atoms with E-state index in [1.807, 2.05) is 6.92 Å². The number of aromatic nitrogens is 2. The Balaban J connectivity index is 1.71. The fourth-order valence-electron chi connectivity index (χ4n) is 2.43. The fourth-order valence-corrected chi connectivity index (χ4v) is 2.91. The van der Waals surface area contributed by atoms with Gasteiger partial charge in [-0.3, -0.25) is 4.79 Å². The van der Waals surface area contributed by atoms with Crippen molar-refractivity contribution in [2.45, 2.75) is 38.6 Å². The Labute approximate surface area is 144 Å². The summed E-state index contributed by atoms with van der Waals surface area (Å²) in [5, 5.41) is 4.90. The maximum absolute atomic E-state index is 12.5. The van der Waals surface area contributed by atoms with Crippen molar-refractivity contribution in [2.75, 3.05) is 7.05 Å². The Morgan fingerprint density at radius 3 is 2.57 bits per heavy atom. The van der Waals surface area contributed by atoms with E-state index >= 15 is 0 Å². The van der Waals surface area contributed by atoms with Gasteiger partial charge in [-0.05, 0) is 37.5 Å². The zero-order valence-corrected chi connectivity index (χ0v) is 14.5. The van der Waals surface area contributed by atoms with Crippen LogP contribution in [0.25, 0.3) is 0 Å². The fraction of sp³-hybridized carbons (Fsp3) is 0.438. The molecule has 0 N–H and O–H groups in total. The Hall–Kier alpha value is -1.59. The van der Waals surface area contributed by atoms with Crippen molar-refractivity contribution >= 4 is 29.1 Å². The largest absolute Gasteiger partial charge is 0.339 e. The first-order valence-corrected chi connectivity index (χ1v) is 8.25. The average molecular weight is 354 g/mol. The summed E-state index contributed by atoms with van der Waals surface area (Å²) in [4.78, 5) is 18.4. The highest BCUT2D eigenvalue weighted by Gasteiger charge is 2.26. The maximum atomic E-state index is 12.5. The lowest BCUT2D eigenvalue weighted by atomic mass is 9.85. The topological polar surface area (TPSA) is 59.2 Å². The van der Waals surface area contributed by atoms with Gasteiger partial charge in [0.25, 0.3) is 5.91 Å². The molecule has 1 aromatic carbocycles. The van der Waals surface area contributed by atoms with Gasteiger partial charge in [-0.2, -0.15) is 4.98 Å². The molecular weight excluding hydrogens is 337 g/mol. The van der Waals surface area contributed by atoms with E-state index in [0.717, 1.165) is 18.4 Å². The molecule has 0 unspecified atom stereocenters. The third kappa shape index (κ3) is 3.35. The summed E-state index contributed by atoms with van der Waals surface area (Å²) in [6.45, 7) is 2.09. The molecule has 3 rings (SSSR count). The van der Waals surface area contributed by atoms with Crippen LogP contribution in [0, 0.1) is 6.92 Å². The second kappa shape index (κ2) is 6.49. The Kier molecular flexibility index (Phi) is 4.60. The van der Waals surface area contributed by atoms with Crippen LogP contribution < -0.4 is 0 Å². The number of halogens is 2. The molecule has 1 fully saturated rings. The van der Waals surface area contributed by atoms with E-state index < -0.39 is 0 Å². The van der Waals surface area contributed by atoms with E-state index in [-0.39, 0.29) is 12.5 Å². The van der Waals surface area contributed by atoms with Crippen LogP contribution in [0.15, 0.2) is 16.7 Å². The smallest absolute Gasteiger partial charge is 0.254 e. The predicted octanol–water partition coefficient (Wildman–Crippen LogP) is 4.22. The molecule has 122 valence electrons. The quantitative estimate of drug-likeness (QED) is 0.825. The van der Waals surface area contributed by atoms with E-state index in [1.165, 1.54) is 11.3 Å². The molecule has 0 aliphatic heterocycles. The lowest BCUT2D eigenvalue weighted by molar-refractivity contribution is 0.0780. The molecule has 1 aliphatic rings. The van der Waals surface area contributed by atoms with Crippen molar-refractivity contribution < 1.29 is 9.32 Å². The van der Waals surface area contributed by atoms with Gasteiger partial charge in [0, 0.05) is 28.6 Å². The number of hydrogen-bond acceptors (Lipinski definition) is 4. The molecule has 7 heteroatoms. The number of benzene rings is 1. The zero-order valence-electron chi connectivity index (χ0n) is 13.0. The monoisotopic (exact) mass is 353 g/mol. The molecule has 1 amide bonds. The molecule has 1 aromatic heterocycles. The van der Waals surface area contributed by atoms with E-state index in [2.05, 4.69) is 10.1 Å². The number of amides is 1. The second-order valence-electron chi connectivity index (χ2n) is 5.90. The van der Waals surface area contributed by atoms with Crippen LogP contribution in [0.5, 0.6) is 0 Å². The van der Waals surface area contributed by atoms with Crippen molar-refractivity contribution in [3.63, 3.8) is 0 Å². The van der Waals surface area contributed by atoms with Gasteiger partial charge in [-0.15, -0.1) is 0 Å². The van der Waals surface area contributed by atoms with Crippen LogP contribution in [0.3, 0.4) is 0 Å². The van der Waals surface area contributed by atoms with Crippen molar-refractivity contribution in [1.29, 1.82) is 0 Å². The molecule has 1 heterocycles. The number of rotatable bonds is 4. The summed E-state index contributed by atoms with van der Waals surface area (Å²) in [7, 11) is 1.68. The van der Waals surface area contributed by atoms with E-state index in [4.69, 9.17) is 27.7 Å². The number of hydrogen-bond donors (Lipinski definition) is 0. The minimum absolute atomic E-state index is 0.191. The Morgan fingerprint density at radius 2 is 2.00 bits per heavy atom. The maximum Gasteiger partial charge on any atom is 0.254 e. The summed E-state index contributed by atoms with van der Waals surface area (Å²) >= 11 is 12.2. The van der Waals surface area contributed by atoms with Crippen molar-refractivity contribution in [1.82, 2.24) is 15.0 Å². The van der Waals surface area contributed by atoms with E-state index in [0.29, 0.717) is 33.2 Å². The summed E-state index contributed by atoms with van der Waals surface area (Å²) in [6, 6.07) is 3.25. The van der Waals surface area contributed by atoms with Gasteiger partial charge in [-0.25, -0.2) is 0 Å². The van der Waals surface area contributed by atoms with Crippen LogP contribution in [0.1, 0.15) is 52.8 Å². The van der Waals surface area contributed by atoms with Crippen LogP contribution in [0.4, 0.5) is 0 Å². The van der Waals surface area contributed by atoms with Gasteiger partial charge in [-0.1, -0.05) is 34.8 Å². The first-order chi connectivity index (χ1) is 11.0. The molecule has 2 aromatic rings. The Morgan fingerprint density at radius 1 is 1.35 bits per heavy atom. The molecule has 23 heavy (non-hydrogen) atoms. The molecule has 1 saturated carbocycles. The van der Waals surface area contributed by atoms with Crippen LogP contribution >= 0.6 is 23.2 Å². The summed E-state index contributed by atoms with van der Waals surface area (Å²) in [5.74, 6) is 1.37. The molecule has 0 bridgehead atoms. The first kappa shape index (κ1) is 16.3. The van der Waals surface area contributed by atoms with Gasteiger partial charge < -0.3 is 9.42 Å². The zero-order chi connectivity index (χ0) is 16.6. The lowest BCUT2D eigenvalue weighted by Crippen LogP contribution is -2.26. The number of carbonyl (C=O) groups excluding carboxylic acids is 1. The van der Waals surface area contributed by atoms with Crippen LogP contribution in [0.2, 0.25) is 10.0 Å². The second-order valence-corrected chi connectivity index (χ2v) is 6.72. The Bertz CT molecular complexity index is 718. The molecule has 1 aliphatic carbocycles. The van der Waals surface area contributed by atoms with Gasteiger partial charge in [0.05, 0.1) is 6.54 Å². The molecule has 0 atom stereocenters. The van der Waals surface area contributed by atoms with Gasteiger partial charge in [0.15, 0.2) is 5.82 Å². The third-order valence-electron chi connectivity index (χ3n) is 4.19. The molecule has 5 nitrogen and oxygen atoms in total. The predicted molar refractivity (Wildman–Crippen MR) is 87.9 cm³/mol. The number of carbonyl (C=O) groups is 1. The minimum atomic E-state index is -0.191. The number of nitrogens with zero attached hydrogens (tertiary/aromatic N) is 3. The van der Waals surface area contributed by atoms with Crippen LogP contribution in [-0.4, -0.2) is 28.0 Å². The lowest BCUT2D eigenvalue weighted by Gasteiger charge is -2.20. The van der Waals surface area contributed by atoms with Gasteiger partial charge in [0.1, 0.15) is 0 Å². The summed E-state index contributed by atoms with van der Waals surface area (Å²) in [5.41, 5.74) is 1.20. The summed E-state index contributed by atoms with van der Waals surface area (Å²) < 4.78 is 5.27. The van der Waals surface area contributed by atoms with Gasteiger partial charge in [0.2, 0.25) is 5.89 Å². The highest BCUT2D eigenvalue weighted by atomic mass is 35.5. The van der Waals surface area contributed by atoms with E-state index in [9.17, 15) is 4.79 Å². The standard InChI is InChI=1S/C16H17Cl2N3O2/c1-9-12(17)6-11(7-13(9)18)16(22)21(2)8-14-19-15(23-20-14)10-4-3-5-10/h6-7,10H,3-5,8H2,1-2H3. The highest BCUT2D eigenvalue weighted by Crippen LogP contribution is 2.35. The highest BCUT2D eigenvalue weighted by molar-refractivity contribution is 6.36. The molecule has 0 spiro atoms.